The third kappa shape index (κ3) is 1.20. The van der Waals surface area contributed by atoms with Crippen molar-refractivity contribution in [3.63, 3.8) is 0 Å². The van der Waals surface area contributed by atoms with Gasteiger partial charge in [0.05, 0.1) is 12.6 Å². The van der Waals surface area contributed by atoms with Crippen molar-refractivity contribution in [2.75, 3.05) is 6.54 Å². The van der Waals surface area contributed by atoms with Gasteiger partial charge in [0.25, 0.3) is 0 Å². The maximum absolute atomic E-state index is 2.58. The highest BCUT2D eigenvalue weighted by Gasteiger charge is 2.29. The minimum atomic E-state index is 1.03. The maximum Gasteiger partial charge on any atom is 0.0889 e. The van der Waals surface area contributed by atoms with Crippen LogP contribution >= 0.6 is 0 Å². The van der Waals surface area contributed by atoms with Crippen LogP contribution in [0.4, 0.5) is 0 Å². The Balaban J connectivity index is 1.85. The van der Waals surface area contributed by atoms with Crippen molar-refractivity contribution in [2.45, 2.75) is 44.6 Å². The summed E-state index contributed by atoms with van der Waals surface area (Å²) < 4.78 is 0. The van der Waals surface area contributed by atoms with Gasteiger partial charge >= 0.3 is 0 Å². The van der Waals surface area contributed by atoms with Gasteiger partial charge in [-0.3, -0.25) is 0 Å². The highest BCUT2D eigenvalue weighted by atomic mass is 14.9. The zero-order chi connectivity index (χ0) is 6.81. The van der Waals surface area contributed by atoms with Gasteiger partial charge in [0.1, 0.15) is 0 Å². The molecule has 0 bridgehead atoms. The molecule has 0 amide bonds. The monoisotopic (exact) mass is 140 g/mol. The van der Waals surface area contributed by atoms with E-state index in [9.17, 15) is 0 Å². The van der Waals surface area contributed by atoms with Crippen molar-refractivity contribution in [1.82, 2.24) is 0 Å². The standard InChI is InChI=1S/C9H17N/c1-2-5-8(4-1)9-6-3-7-10-9/h8-10H,1-7H2/p+1/t9-/m0/s1. The summed E-state index contributed by atoms with van der Waals surface area (Å²) in [6.07, 6.45) is 9.05. The molecular formula is C9H18N+. The Labute approximate surface area is 63.2 Å². The van der Waals surface area contributed by atoms with Gasteiger partial charge in [-0.15, -0.1) is 0 Å². The third-order valence-corrected chi connectivity index (χ3v) is 3.22. The van der Waals surface area contributed by atoms with E-state index >= 15 is 0 Å². The van der Waals surface area contributed by atoms with E-state index in [4.69, 9.17) is 0 Å². The van der Waals surface area contributed by atoms with Crippen LogP contribution in [0, 0.1) is 5.92 Å². The average molecular weight is 140 g/mol. The van der Waals surface area contributed by atoms with E-state index in [1.807, 2.05) is 0 Å². The van der Waals surface area contributed by atoms with E-state index in [2.05, 4.69) is 5.32 Å². The lowest BCUT2D eigenvalue weighted by atomic mass is 9.97. The molecule has 2 rings (SSSR count). The molecule has 1 saturated carbocycles. The molecule has 0 aromatic heterocycles. The number of rotatable bonds is 1. The Kier molecular flexibility index (Phi) is 1.94. The van der Waals surface area contributed by atoms with Gasteiger partial charge in [-0.05, 0) is 12.8 Å². The Morgan fingerprint density at radius 2 is 1.70 bits per heavy atom. The van der Waals surface area contributed by atoms with Crippen LogP contribution < -0.4 is 5.32 Å². The van der Waals surface area contributed by atoms with E-state index in [-0.39, 0.29) is 0 Å². The number of nitrogens with two attached hydrogens (primary N) is 1. The molecule has 1 atom stereocenters. The molecule has 2 fully saturated rings. The summed E-state index contributed by atoms with van der Waals surface area (Å²) in [5.74, 6) is 1.10. The molecule has 10 heavy (non-hydrogen) atoms. The summed E-state index contributed by atoms with van der Waals surface area (Å²) in [4.78, 5) is 0. The van der Waals surface area contributed by atoms with Gasteiger partial charge in [-0.1, -0.05) is 12.8 Å². The van der Waals surface area contributed by atoms with E-state index in [1.165, 1.54) is 45.1 Å². The van der Waals surface area contributed by atoms with E-state index < -0.39 is 0 Å². The van der Waals surface area contributed by atoms with Gasteiger partial charge < -0.3 is 5.32 Å². The third-order valence-electron chi connectivity index (χ3n) is 3.22. The zero-order valence-electron chi connectivity index (χ0n) is 6.68. The fraction of sp³-hybridized carbons (Fsp3) is 1.00. The number of hydrogen-bond acceptors (Lipinski definition) is 0. The smallest absolute Gasteiger partial charge is 0.0889 e. The molecule has 1 heteroatoms. The predicted molar refractivity (Wildman–Crippen MR) is 41.8 cm³/mol. The Morgan fingerprint density at radius 3 is 2.30 bits per heavy atom. The molecule has 2 N–H and O–H groups in total. The normalized spacial score (nSPS) is 35.4. The molecule has 2 aliphatic rings. The second-order valence-corrected chi connectivity index (χ2v) is 3.87. The Hall–Kier alpha value is -0.0400. The lowest BCUT2D eigenvalue weighted by Gasteiger charge is -2.13. The van der Waals surface area contributed by atoms with E-state index in [0.29, 0.717) is 0 Å². The van der Waals surface area contributed by atoms with Crippen LogP contribution in [0.2, 0.25) is 0 Å². The minimum absolute atomic E-state index is 1.03. The first-order valence-electron chi connectivity index (χ1n) is 4.80. The lowest BCUT2D eigenvalue weighted by molar-refractivity contribution is -0.676. The summed E-state index contributed by atoms with van der Waals surface area (Å²) in [6, 6.07) is 1.03. The molecular weight excluding hydrogens is 122 g/mol. The molecule has 1 heterocycles. The molecule has 58 valence electrons. The largest absolute Gasteiger partial charge is 0.344 e. The van der Waals surface area contributed by atoms with Crippen molar-refractivity contribution < 1.29 is 5.32 Å². The second-order valence-electron chi connectivity index (χ2n) is 3.87. The van der Waals surface area contributed by atoms with Crippen LogP contribution in [0.1, 0.15) is 38.5 Å². The lowest BCUT2D eigenvalue weighted by Crippen LogP contribution is -2.87. The molecule has 1 aliphatic heterocycles. The van der Waals surface area contributed by atoms with Crippen LogP contribution in [-0.2, 0) is 0 Å². The highest BCUT2D eigenvalue weighted by molar-refractivity contribution is 4.75. The van der Waals surface area contributed by atoms with Crippen LogP contribution in [0.25, 0.3) is 0 Å². The summed E-state index contributed by atoms with van der Waals surface area (Å²) >= 11 is 0. The van der Waals surface area contributed by atoms with Crippen LogP contribution in [0.15, 0.2) is 0 Å². The highest BCUT2D eigenvalue weighted by Crippen LogP contribution is 2.28. The summed E-state index contributed by atoms with van der Waals surface area (Å²) in [5, 5.41) is 2.58. The van der Waals surface area contributed by atoms with E-state index in [0.717, 1.165) is 12.0 Å². The second kappa shape index (κ2) is 2.91. The minimum Gasteiger partial charge on any atom is -0.344 e. The van der Waals surface area contributed by atoms with Crippen molar-refractivity contribution in [1.29, 1.82) is 0 Å². The molecule has 0 radical (unpaired) electrons. The van der Waals surface area contributed by atoms with Gasteiger partial charge in [-0.25, -0.2) is 0 Å². The van der Waals surface area contributed by atoms with Crippen molar-refractivity contribution in [2.24, 2.45) is 5.92 Å². The molecule has 0 aromatic rings. The summed E-state index contributed by atoms with van der Waals surface area (Å²) in [6.45, 7) is 1.40. The summed E-state index contributed by atoms with van der Waals surface area (Å²) in [5.41, 5.74) is 0. The first-order valence-corrected chi connectivity index (χ1v) is 4.80. The molecule has 0 aromatic carbocycles. The number of quaternary nitrogens is 1. The zero-order valence-corrected chi connectivity index (χ0v) is 6.68. The van der Waals surface area contributed by atoms with Gasteiger partial charge in [0.2, 0.25) is 0 Å². The average Bonchev–Trinajstić information content (AvgIpc) is 2.59. The SMILES string of the molecule is C1CCC([C@@H]2CCC[NH2+]2)C1. The van der Waals surface area contributed by atoms with E-state index in [1.54, 1.807) is 0 Å². The van der Waals surface area contributed by atoms with Crippen LogP contribution in [0.5, 0.6) is 0 Å². The van der Waals surface area contributed by atoms with Gasteiger partial charge in [0, 0.05) is 18.8 Å². The quantitative estimate of drug-likeness (QED) is 0.557. The topological polar surface area (TPSA) is 16.6 Å². The fourth-order valence-corrected chi connectivity index (χ4v) is 2.62. The molecule has 0 unspecified atom stereocenters. The predicted octanol–water partition coefficient (Wildman–Crippen LogP) is 0.902. The summed E-state index contributed by atoms with van der Waals surface area (Å²) in [7, 11) is 0. The number of hydrogen-bond donors (Lipinski definition) is 1. The molecule has 1 aliphatic carbocycles. The maximum atomic E-state index is 2.58. The first-order chi connectivity index (χ1) is 4.97. The van der Waals surface area contributed by atoms with Crippen molar-refractivity contribution in [3.8, 4) is 0 Å². The van der Waals surface area contributed by atoms with Crippen LogP contribution in [0.3, 0.4) is 0 Å². The fourth-order valence-electron chi connectivity index (χ4n) is 2.62. The van der Waals surface area contributed by atoms with Gasteiger partial charge in [-0.2, -0.15) is 0 Å². The van der Waals surface area contributed by atoms with Crippen molar-refractivity contribution >= 4 is 0 Å². The molecule has 1 nitrogen and oxygen atoms in total. The Morgan fingerprint density at radius 1 is 0.900 bits per heavy atom. The van der Waals surface area contributed by atoms with Crippen LogP contribution in [-0.4, -0.2) is 12.6 Å². The first kappa shape index (κ1) is 6.66. The molecule has 0 spiro atoms. The Bertz CT molecular complexity index is 85.3. The van der Waals surface area contributed by atoms with Gasteiger partial charge in [0.15, 0.2) is 0 Å². The molecule has 1 saturated heterocycles. The van der Waals surface area contributed by atoms with Crippen molar-refractivity contribution in [3.05, 3.63) is 0 Å².